The SMILES string of the molecule is COC(=O)c1ccc2cc(-n3nccc3C(F)(F)F)ccc2c1. The van der Waals surface area contributed by atoms with Crippen LogP contribution in [0.25, 0.3) is 16.5 Å². The number of fused-ring (bicyclic) bond motifs is 1. The Morgan fingerprint density at radius 2 is 1.78 bits per heavy atom. The van der Waals surface area contributed by atoms with Crippen molar-refractivity contribution in [3.05, 3.63) is 59.9 Å². The Morgan fingerprint density at radius 1 is 1.09 bits per heavy atom. The monoisotopic (exact) mass is 320 g/mol. The van der Waals surface area contributed by atoms with E-state index in [9.17, 15) is 18.0 Å². The van der Waals surface area contributed by atoms with Gasteiger partial charge in [0, 0.05) is 0 Å². The molecule has 0 saturated heterocycles. The molecule has 7 heteroatoms. The largest absolute Gasteiger partial charge is 0.465 e. The Morgan fingerprint density at radius 3 is 2.48 bits per heavy atom. The minimum Gasteiger partial charge on any atom is -0.465 e. The maximum atomic E-state index is 12.9. The normalized spacial score (nSPS) is 11.7. The first-order valence-corrected chi connectivity index (χ1v) is 6.64. The van der Waals surface area contributed by atoms with E-state index in [1.165, 1.54) is 13.2 Å². The fourth-order valence-corrected chi connectivity index (χ4v) is 2.33. The molecule has 3 aromatic rings. The molecule has 0 bridgehead atoms. The van der Waals surface area contributed by atoms with Gasteiger partial charge in [-0.15, -0.1) is 0 Å². The average Bonchev–Trinajstić information content (AvgIpc) is 3.03. The highest BCUT2D eigenvalue weighted by Gasteiger charge is 2.35. The first-order valence-electron chi connectivity index (χ1n) is 6.64. The third-order valence-corrected chi connectivity index (χ3v) is 3.42. The van der Waals surface area contributed by atoms with Crippen molar-refractivity contribution in [2.45, 2.75) is 6.18 Å². The quantitative estimate of drug-likeness (QED) is 0.674. The van der Waals surface area contributed by atoms with Gasteiger partial charge in [-0.2, -0.15) is 18.3 Å². The van der Waals surface area contributed by atoms with E-state index in [4.69, 9.17) is 0 Å². The molecule has 0 saturated carbocycles. The zero-order valence-electron chi connectivity index (χ0n) is 12.0. The van der Waals surface area contributed by atoms with Gasteiger partial charge < -0.3 is 4.74 Å². The van der Waals surface area contributed by atoms with Crippen LogP contribution in [-0.4, -0.2) is 22.9 Å². The summed E-state index contributed by atoms with van der Waals surface area (Å²) in [6, 6.07) is 10.5. The molecule has 0 N–H and O–H groups in total. The number of nitrogens with zero attached hydrogens (tertiary/aromatic N) is 2. The summed E-state index contributed by atoms with van der Waals surface area (Å²) in [6.07, 6.45) is -3.38. The highest BCUT2D eigenvalue weighted by atomic mass is 19.4. The smallest absolute Gasteiger partial charge is 0.433 e. The van der Waals surface area contributed by atoms with Gasteiger partial charge in [0.2, 0.25) is 0 Å². The first-order chi connectivity index (χ1) is 10.9. The lowest BCUT2D eigenvalue weighted by Gasteiger charge is -2.11. The topological polar surface area (TPSA) is 44.1 Å². The number of ether oxygens (including phenoxy) is 1. The second-order valence-electron chi connectivity index (χ2n) is 4.86. The van der Waals surface area contributed by atoms with E-state index in [0.717, 1.165) is 22.3 Å². The van der Waals surface area contributed by atoms with Crippen LogP contribution < -0.4 is 0 Å². The van der Waals surface area contributed by atoms with Gasteiger partial charge in [0.25, 0.3) is 0 Å². The van der Waals surface area contributed by atoms with Crippen molar-refractivity contribution in [1.29, 1.82) is 0 Å². The van der Waals surface area contributed by atoms with Crippen molar-refractivity contribution in [3.8, 4) is 5.69 Å². The van der Waals surface area contributed by atoms with Crippen LogP contribution in [0.4, 0.5) is 13.2 Å². The summed E-state index contributed by atoms with van der Waals surface area (Å²) in [5.74, 6) is -0.470. The molecule has 0 aliphatic heterocycles. The molecule has 0 radical (unpaired) electrons. The summed E-state index contributed by atoms with van der Waals surface area (Å²) >= 11 is 0. The van der Waals surface area contributed by atoms with Crippen LogP contribution in [0.15, 0.2) is 48.7 Å². The van der Waals surface area contributed by atoms with Gasteiger partial charge in [0.15, 0.2) is 0 Å². The molecule has 0 aliphatic rings. The van der Waals surface area contributed by atoms with Gasteiger partial charge in [0.1, 0.15) is 5.69 Å². The number of halogens is 3. The second kappa shape index (κ2) is 5.42. The highest BCUT2D eigenvalue weighted by molar-refractivity contribution is 5.95. The molecule has 2 aromatic carbocycles. The van der Waals surface area contributed by atoms with E-state index < -0.39 is 17.8 Å². The molecular formula is C16H11F3N2O2. The number of benzene rings is 2. The van der Waals surface area contributed by atoms with Crippen molar-refractivity contribution in [2.75, 3.05) is 7.11 Å². The summed E-state index contributed by atoms with van der Waals surface area (Å²) < 4.78 is 44.3. The molecule has 23 heavy (non-hydrogen) atoms. The summed E-state index contributed by atoms with van der Waals surface area (Å²) in [7, 11) is 1.28. The van der Waals surface area contributed by atoms with Gasteiger partial charge in [0.05, 0.1) is 24.6 Å². The Kier molecular flexibility index (Phi) is 3.55. The Hall–Kier alpha value is -2.83. The molecule has 3 rings (SSSR count). The van der Waals surface area contributed by atoms with Gasteiger partial charge >= 0.3 is 12.1 Å². The number of methoxy groups -OCH3 is 1. The number of rotatable bonds is 2. The molecule has 4 nitrogen and oxygen atoms in total. The van der Waals surface area contributed by atoms with Crippen LogP contribution in [0.1, 0.15) is 16.1 Å². The molecule has 118 valence electrons. The van der Waals surface area contributed by atoms with Crippen molar-refractivity contribution in [2.24, 2.45) is 0 Å². The van der Waals surface area contributed by atoms with Gasteiger partial charge in [-0.3, -0.25) is 0 Å². The Balaban J connectivity index is 2.08. The van der Waals surface area contributed by atoms with Crippen LogP contribution in [0.5, 0.6) is 0 Å². The van der Waals surface area contributed by atoms with Crippen molar-refractivity contribution in [1.82, 2.24) is 9.78 Å². The minimum absolute atomic E-state index is 0.292. The zero-order valence-corrected chi connectivity index (χ0v) is 12.0. The van der Waals surface area contributed by atoms with Crippen LogP contribution in [0.2, 0.25) is 0 Å². The molecule has 0 atom stereocenters. The average molecular weight is 320 g/mol. The number of hydrogen-bond donors (Lipinski definition) is 0. The van der Waals surface area contributed by atoms with Crippen LogP contribution >= 0.6 is 0 Å². The lowest BCUT2D eigenvalue weighted by Crippen LogP contribution is -2.13. The lowest BCUT2D eigenvalue weighted by atomic mass is 10.1. The fourth-order valence-electron chi connectivity index (χ4n) is 2.33. The van der Waals surface area contributed by atoms with E-state index in [2.05, 4.69) is 9.84 Å². The van der Waals surface area contributed by atoms with E-state index in [1.807, 2.05) is 0 Å². The first kappa shape index (κ1) is 15.1. The number of aromatic nitrogens is 2. The molecule has 0 fully saturated rings. The lowest BCUT2D eigenvalue weighted by molar-refractivity contribution is -0.142. The van der Waals surface area contributed by atoms with E-state index in [0.29, 0.717) is 16.6 Å². The third kappa shape index (κ3) is 2.77. The standard InChI is InChI=1S/C16H11F3N2O2/c1-23-15(22)12-3-2-11-9-13(5-4-10(11)8-12)21-14(6-7-20-21)16(17,18)19/h2-9H,1H3. The zero-order chi connectivity index (χ0) is 16.6. The molecule has 1 heterocycles. The molecule has 0 amide bonds. The Labute approximate surface area is 129 Å². The fraction of sp³-hybridized carbons (Fsp3) is 0.125. The minimum atomic E-state index is -4.49. The summed E-state index contributed by atoms with van der Waals surface area (Å²) in [5, 5.41) is 5.15. The van der Waals surface area contributed by atoms with Gasteiger partial charge in [-0.05, 0) is 41.1 Å². The van der Waals surface area contributed by atoms with Crippen LogP contribution in [0.3, 0.4) is 0 Å². The van der Waals surface area contributed by atoms with Crippen molar-refractivity contribution in [3.63, 3.8) is 0 Å². The number of alkyl halides is 3. The second-order valence-corrected chi connectivity index (χ2v) is 4.86. The number of carbonyl (C=O) groups excluding carboxylic acids is 1. The van der Waals surface area contributed by atoms with Gasteiger partial charge in [-0.1, -0.05) is 12.1 Å². The van der Waals surface area contributed by atoms with Gasteiger partial charge in [-0.25, -0.2) is 9.48 Å². The number of esters is 1. The summed E-state index contributed by atoms with van der Waals surface area (Å²) in [5.41, 5.74) is -0.175. The molecule has 0 aliphatic carbocycles. The molecular weight excluding hydrogens is 309 g/mol. The van der Waals surface area contributed by atoms with Crippen molar-refractivity contribution < 1.29 is 22.7 Å². The molecule has 0 unspecified atom stereocenters. The van der Waals surface area contributed by atoms with E-state index in [1.54, 1.807) is 30.3 Å². The molecule has 1 aromatic heterocycles. The summed E-state index contributed by atoms with van der Waals surface area (Å²) in [4.78, 5) is 11.5. The number of carbonyl (C=O) groups is 1. The Bertz CT molecular complexity index is 884. The third-order valence-electron chi connectivity index (χ3n) is 3.42. The van der Waals surface area contributed by atoms with Crippen LogP contribution in [-0.2, 0) is 10.9 Å². The highest BCUT2D eigenvalue weighted by Crippen LogP contribution is 2.31. The van der Waals surface area contributed by atoms with Crippen LogP contribution in [0, 0.1) is 0 Å². The predicted octanol–water partition coefficient (Wildman–Crippen LogP) is 3.83. The van der Waals surface area contributed by atoms with E-state index in [-0.39, 0.29) is 0 Å². The maximum Gasteiger partial charge on any atom is 0.433 e. The number of hydrogen-bond acceptors (Lipinski definition) is 3. The predicted molar refractivity (Wildman–Crippen MR) is 77.4 cm³/mol. The maximum absolute atomic E-state index is 12.9. The van der Waals surface area contributed by atoms with E-state index >= 15 is 0 Å². The molecule has 0 spiro atoms. The van der Waals surface area contributed by atoms with Crippen molar-refractivity contribution >= 4 is 16.7 Å². The summed E-state index contributed by atoms with van der Waals surface area (Å²) in [6.45, 7) is 0.